The molecule has 0 N–H and O–H groups in total. The Hall–Kier alpha value is 0.0969. The van der Waals surface area contributed by atoms with Gasteiger partial charge in [0.15, 0.2) is 8.32 Å². The van der Waals surface area contributed by atoms with Gasteiger partial charge in [0.1, 0.15) is 6.10 Å². The fraction of sp³-hybridized carbons (Fsp3) is 1.00. The van der Waals surface area contributed by atoms with E-state index < -0.39 is 8.32 Å². The minimum absolute atomic E-state index is 0.354. The summed E-state index contributed by atoms with van der Waals surface area (Å²) in [7, 11) is -1.44. The van der Waals surface area contributed by atoms with Crippen LogP contribution in [0.5, 0.6) is 0 Å². The van der Waals surface area contributed by atoms with Crippen LogP contribution in [0.3, 0.4) is 0 Å². The fourth-order valence-electron chi connectivity index (χ4n) is 1.68. The Morgan fingerprint density at radius 2 is 2.07 bits per heavy atom. The molecule has 1 saturated heterocycles. The molecule has 0 aromatic carbocycles. The van der Waals surface area contributed by atoms with Gasteiger partial charge in [-0.1, -0.05) is 0 Å². The molecule has 0 aliphatic carbocycles. The largest absolute Gasteiger partial charge is 0.415 e. The molecule has 0 spiro atoms. The van der Waals surface area contributed by atoms with E-state index in [0.717, 1.165) is 26.2 Å². The van der Waals surface area contributed by atoms with Crippen molar-refractivity contribution >= 4 is 8.32 Å². The molecule has 1 aliphatic heterocycles. The molecule has 0 amide bonds. The van der Waals surface area contributed by atoms with Gasteiger partial charge in [-0.15, -0.1) is 0 Å². The van der Waals surface area contributed by atoms with E-state index in [1.807, 2.05) is 0 Å². The first-order valence-corrected chi connectivity index (χ1v) is 8.98. The maximum Gasteiger partial charge on any atom is 0.187 e. The maximum absolute atomic E-state index is 5.94. The smallest absolute Gasteiger partial charge is 0.187 e. The molecule has 0 saturated carbocycles. The van der Waals surface area contributed by atoms with Crippen molar-refractivity contribution in [1.29, 1.82) is 0 Å². The summed E-state index contributed by atoms with van der Waals surface area (Å²) in [6, 6.07) is 1.18. The summed E-state index contributed by atoms with van der Waals surface area (Å²) < 4.78 is 16.5. The zero-order valence-electron chi connectivity index (χ0n) is 10.4. The first-order chi connectivity index (χ1) is 6.99. The Bertz CT molecular complexity index is 179. The van der Waals surface area contributed by atoms with Crippen molar-refractivity contribution in [2.24, 2.45) is 0 Å². The van der Waals surface area contributed by atoms with E-state index in [0.29, 0.717) is 12.2 Å². The van der Waals surface area contributed by atoms with Gasteiger partial charge in [0.05, 0.1) is 13.2 Å². The monoisotopic (exact) mass is 232 g/mol. The van der Waals surface area contributed by atoms with Crippen molar-refractivity contribution < 1.29 is 13.9 Å². The normalized spacial score (nSPS) is 21.0. The predicted molar refractivity (Wildman–Crippen MR) is 63.7 cm³/mol. The number of hydrogen-bond acceptors (Lipinski definition) is 3. The minimum Gasteiger partial charge on any atom is -0.415 e. The van der Waals surface area contributed by atoms with Crippen LogP contribution in [-0.2, 0) is 13.9 Å². The Morgan fingerprint density at radius 3 is 2.60 bits per heavy atom. The van der Waals surface area contributed by atoms with Gasteiger partial charge in [-0.05, 0) is 39.4 Å². The van der Waals surface area contributed by atoms with Gasteiger partial charge in [0.2, 0.25) is 0 Å². The lowest BCUT2D eigenvalue weighted by atomic mass is 10.5. The topological polar surface area (TPSA) is 31.0 Å². The average molecular weight is 232 g/mol. The van der Waals surface area contributed by atoms with Crippen LogP contribution in [-0.4, -0.2) is 40.3 Å². The molecule has 3 nitrogen and oxygen atoms in total. The lowest BCUT2D eigenvalue weighted by Gasteiger charge is -2.25. The molecule has 1 unspecified atom stereocenters. The predicted octanol–water partition coefficient (Wildman–Crippen LogP) is 2.42. The lowest BCUT2D eigenvalue weighted by Crippen LogP contribution is -2.33. The van der Waals surface area contributed by atoms with Gasteiger partial charge in [-0.2, -0.15) is 0 Å². The standard InChI is InChI=1S/C11H24O3Si/c1-10(2)14-15(3,4)7-5-6-12-8-11-9-13-11/h10-11H,5-9H2,1-4H3. The van der Waals surface area contributed by atoms with E-state index in [1.165, 1.54) is 6.04 Å². The van der Waals surface area contributed by atoms with E-state index in [4.69, 9.17) is 13.9 Å². The summed E-state index contributed by atoms with van der Waals surface area (Å²) in [5.41, 5.74) is 0. The average Bonchev–Trinajstić information content (AvgIpc) is 2.84. The molecule has 0 bridgehead atoms. The summed E-state index contributed by atoms with van der Waals surface area (Å²) in [4.78, 5) is 0. The second kappa shape index (κ2) is 5.99. The van der Waals surface area contributed by atoms with Gasteiger partial charge >= 0.3 is 0 Å². The van der Waals surface area contributed by atoms with Gasteiger partial charge in [-0.3, -0.25) is 0 Å². The molecule has 1 aliphatic rings. The molecule has 4 heteroatoms. The highest BCUT2D eigenvalue weighted by Crippen LogP contribution is 2.16. The highest BCUT2D eigenvalue weighted by Gasteiger charge is 2.24. The highest BCUT2D eigenvalue weighted by atomic mass is 28.4. The molecule has 0 radical (unpaired) electrons. The van der Waals surface area contributed by atoms with E-state index >= 15 is 0 Å². The molecule has 1 fully saturated rings. The molecule has 1 heterocycles. The summed E-state index contributed by atoms with van der Waals surface area (Å²) in [6.45, 7) is 11.3. The van der Waals surface area contributed by atoms with Crippen molar-refractivity contribution in [1.82, 2.24) is 0 Å². The van der Waals surface area contributed by atoms with Crippen LogP contribution in [0.4, 0.5) is 0 Å². The zero-order chi connectivity index (χ0) is 11.3. The number of rotatable bonds is 8. The van der Waals surface area contributed by atoms with Gasteiger partial charge < -0.3 is 13.9 Å². The quantitative estimate of drug-likeness (QED) is 0.366. The minimum atomic E-state index is -1.44. The van der Waals surface area contributed by atoms with Crippen LogP contribution in [0.2, 0.25) is 19.1 Å². The third-order valence-corrected chi connectivity index (χ3v) is 5.00. The van der Waals surface area contributed by atoms with Crippen LogP contribution in [0, 0.1) is 0 Å². The van der Waals surface area contributed by atoms with Crippen molar-refractivity contribution in [2.45, 2.75) is 51.6 Å². The summed E-state index contributed by atoms with van der Waals surface area (Å²) >= 11 is 0. The maximum atomic E-state index is 5.94. The number of hydrogen-bond donors (Lipinski definition) is 0. The van der Waals surface area contributed by atoms with Crippen molar-refractivity contribution in [3.05, 3.63) is 0 Å². The second-order valence-corrected chi connectivity index (χ2v) is 9.32. The van der Waals surface area contributed by atoms with Crippen LogP contribution in [0.15, 0.2) is 0 Å². The Balaban J connectivity index is 1.96. The first-order valence-electron chi connectivity index (χ1n) is 5.87. The molecular weight excluding hydrogens is 208 g/mol. The summed E-state index contributed by atoms with van der Waals surface area (Å²) in [5.74, 6) is 0. The lowest BCUT2D eigenvalue weighted by molar-refractivity contribution is 0.115. The Kier molecular flexibility index (Phi) is 5.25. The van der Waals surface area contributed by atoms with Crippen molar-refractivity contribution in [2.75, 3.05) is 19.8 Å². The van der Waals surface area contributed by atoms with E-state index in [-0.39, 0.29) is 0 Å². The van der Waals surface area contributed by atoms with E-state index in [2.05, 4.69) is 26.9 Å². The van der Waals surface area contributed by atoms with E-state index in [9.17, 15) is 0 Å². The zero-order valence-corrected chi connectivity index (χ0v) is 11.4. The summed E-state index contributed by atoms with van der Waals surface area (Å²) in [6.07, 6.45) is 1.85. The third kappa shape index (κ3) is 7.06. The molecular formula is C11H24O3Si. The van der Waals surface area contributed by atoms with Gasteiger partial charge in [0, 0.05) is 12.7 Å². The third-order valence-electron chi connectivity index (χ3n) is 2.33. The Morgan fingerprint density at radius 1 is 1.40 bits per heavy atom. The SMILES string of the molecule is CC(C)O[Si](C)(C)CCCOCC1CO1. The highest BCUT2D eigenvalue weighted by molar-refractivity contribution is 6.71. The molecule has 1 atom stereocenters. The van der Waals surface area contributed by atoms with Crippen molar-refractivity contribution in [3.8, 4) is 0 Å². The van der Waals surface area contributed by atoms with E-state index in [1.54, 1.807) is 0 Å². The molecule has 90 valence electrons. The molecule has 1 rings (SSSR count). The summed E-state index contributed by atoms with van der Waals surface area (Å²) in [5, 5.41) is 0. The number of ether oxygens (including phenoxy) is 2. The molecule has 0 aromatic rings. The van der Waals surface area contributed by atoms with Crippen LogP contribution < -0.4 is 0 Å². The molecule has 15 heavy (non-hydrogen) atoms. The van der Waals surface area contributed by atoms with Crippen molar-refractivity contribution in [3.63, 3.8) is 0 Å². The van der Waals surface area contributed by atoms with Gasteiger partial charge in [0.25, 0.3) is 0 Å². The fourth-order valence-corrected chi connectivity index (χ4v) is 4.07. The Labute approximate surface area is 94.2 Å². The van der Waals surface area contributed by atoms with Crippen LogP contribution >= 0.6 is 0 Å². The molecule has 0 aromatic heterocycles. The van der Waals surface area contributed by atoms with Crippen LogP contribution in [0.1, 0.15) is 20.3 Å². The van der Waals surface area contributed by atoms with Crippen LogP contribution in [0.25, 0.3) is 0 Å². The number of epoxide rings is 1. The second-order valence-electron chi connectivity index (χ2n) is 5.06. The van der Waals surface area contributed by atoms with Gasteiger partial charge in [-0.25, -0.2) is 0 Å². The first kappa shape index (κ1) is 13.2.